The lowest BCUT2D eigenvalue weighted by atomic mass is 10.00. The molecule has 0 aliphatic carbocycles. The number of aliphatic carboxylic acids is 1. The highest BCUT2D eigenvalue weighted by Gasteiger charge is 2.32. The van der Waals surface area contributed by atoms with Crippen LogP contribution >= 0.6 is 0 Å². The van der Waals surface area contributed by atoms with E-state index in [4.69, 9.17) is 9.84 Å². The van der Waals surface area contributed by atoms with Crippen LogP contribution in [0.15, 0.2) is 0 Å². The Morgan fingerprint density at radius 2 is 2.21 bits per heavy atom. The van der Waals surface area contributed by atoms with Crippen LogP contribution in [0.1, 0.15) is 20.3 Å². The van der Waals surface area contributed by atoms with E-state index < -0.39 is 17.5 Å². The van der Waals surface area contributed by atoms with Gasteiger partial charge in [0.15, 0.2) is 0 Å². The molecule has 2 atom stereocenters. The summed E-state index contributed by atoms with van der Waals surface area (Å²) in [6.45, 7) is 5.86. The molecule has 0 aromatic rings. The molecule has 0 radical (unpaired) electrons. The molecule has 1 heterocycles. The Hall–Kier alpha value is -1.34. The van der Waals surface area contributed by atoms with Crippen molar-refractivity contribution in [2.24, 2.45) is 0 Å². The first-order valence-electron chi connectivity index (χ1n) is 6.47. The fourth-order valence-corrected chi connectivity index (χ4v) is 1.78. The fourth-order valence-electron chi connectivity index (χ4n) is 1.78. The predicted molar refractivity (Wildman–Crippen MR) is 70.1 cm³/mol. The van der Waals surface area contributed by atoms with Crippen LogP contribution < -0.4 is 10.6 Å². The van der Waals surface area contributed by atoms with Crippen LogP contribution in [0.5, 0.6) is 0 Å². The average Bonchev–Trinajstić information content (AvgIpc) is 2.36. The summed E-state index contributed by atoms with van der Waals surface area (Å²) < 4.78 is 5.50. The molecule has 2 amide bonds. The standard InChI is InChI=1S/C12H23N3O4/c1-4-12(2,10(16)17)14-11(18)13-7-9-8-15(3)5-6-19-9/h9H,4-8H2,1-3H3,(H,16,17)(H2,13,14,18). The first-order valence-corrected chi connectivity index (χ1v) is 6.47. The van der Waals surface area contributed by atoms with Gasteiger partial charge in [0.05, 0.1) is 12.7 Å². The van der Waals surface area contributed by atoms with Gasteiger partial charge in [0.1, 0.15) is 5.54 Å². The van der Waals surface area contributed by atoms with E-state index in [1.165, 1.54) is 6.92 Å². The number of ether oxygens (including phenoxy) is 1. The molecular formula is C12H23N3O4. The van der Waals surface area contributed by atoms with Gasteiger partial charge in [-0.1, -0.05) is 6.92 Å². The molecule has 1 saturated heterocycles. The lowest BCUT2D eigenvalue weighted by Crippen LogP contribution is -2.56. The summed E-state index contributed by atoms with van der Waals surface area (Å²) in [5, 5.41) is 14.2. The fraction of sp³-hybridized carbons (Fsp3) is 0.833. The van der Waals surface area contributed by atoms with E-state index >= 15 is 0 Å². The number of hydrogen-bond acceptors (Lipinski definition) is 4. The third-order valence-electron chi connectivity index (χ3n) is 3.40. The van der Waals surface area contributed by atoms with Gasteiger partial charge in [-0.15, -0.1) is 0 Å². The Labute approximate surface area is 113 Å². The molecule has 0 bridgehead atoms. The number of carbonyl (C=O) groups excluding carboxylic acids is 1. The maximum absolute atomic E-state index is 11.7. The summed E-state index contributed by atoms with van der Waals surface area (Å²) >= 11 is 0. The van der Waals surface area contributed by atoms with E-state index in [2.05, 4.69) is 15.5 Å². The van der Waals surface area contributed by atoms with Crippen LogP contribution in [0, 0.1) is 0 Å². The molecule has 110 valence electrons. The van der Waals surface area contributed by atoms with Crippen molar-refractivity contribution in [1.82, 2.24) is 15.5 Å². The van der Waals surface area contributed by atoms with Gasteiger partial charge < -0.3 is 25.4 Å². The van der Waals surface area contributed by atoms with Crippen molar-refractivity contribution >= 4 is 12.0 Å². The summed E-state index contributed by atoms with van der Waals surface area (Å²) in [7, 11) is 1.99. The minimum Gasteiger partial charge on any atom is -0.480 e. The molecule has 7 heteroatoms. The van der Waals surface area contributed by atoms with Crippen molar-refractivity contribution in [2.45, 2.75) is 31.9 Å². The Kier molecular flexibility index (Phi) is 5.56. The largest absolute Gasteiger partial charge is 0.480 e. The normalized spacial score (nSPS) is 23.4. The molecule has 19 heavy (non-hydrogen) atoms. The summed E-state index contributed by atoms with van der Waals surface area (Å²) in [4.78, 5) is 24.9. The van der Waals surface area contributed by atoms with Crippen molar-refractivity contribution in [3.05, 3.63) is 0 Å². The SMILES string of the molecule is CCC(C)(NC(=O)NCC1CN(C)CCO1)C(=O)O. The number of carboxylic acid groups (broad SMARTS) is 1. The van der Waals surface area contributed by atoms with Crippen molar-refractivity contribution < 1.29 is 19.4 Å². The van der Waals surface area contributed by atoms with Gasteiger partial charge in [-0.05, 0) is 20.4 Å². The highest BCUT2D eigenvalue weighted by molar-refractivity contribution is 5.85. The van der Waals surface area contributed by atoms with Crippen LogP contribution in [0.25, 0.3) is 0 Å². The second kappa shape index (κ2) is 6.72. The molecular weight excluding hydrogens is 250 g/mol. The highest BCUT2D eigenvalue weighted by Crippen LogP contribution is 2.08. The number of carboxylic acids is 1. The van der Waals surface area contributed by atoms with Gasteiger partial charge >= 0.3 is 12.0 Å². The van der Waals surface area contributed by atoms with Crippen LogP contribution in [0.3, 0.4) is 0 Å². The predicted octanol–water partition coefficient (Wildman–Crippen LogP) is -0.130. The van der Waals surface area contributed by atoms with E-state index in [9.17, 15) is 9.59 Å². The number of hydrogen-bond donors (Lipinski definition) is 3. The lowest BCUT2D eigenvalue weighted by molar-refractivity contribution is -0.143. The number of amides is 2. The maximum atomic E-state index is 11.7. The second-order valence-corrected chi connectivity index (χ2v) is 5.08. The third-order valence-corrected chi connectivity index (χ3v) is 3.40. The molecule has 2 unspecified atom stereocenters. The molecule has 1 aliphatic rings. The van der Waals surface area contributed by atoms with Crippen LogP contribution in [0.4, 0.5) is 4.79 Å². The third kappa shape index (κ3) is 4.68. The minimum atomic E-state index is -1.24. The zero-order valence-electron chi connectivity index (χ0n) is 11.7. The number of urea groups is 1. The number of likely N-dealkylation sites (N-methyl/N-ethyl adjacent to an activating group) is 1. The first kappa shape index (κ1) is 15.7. The molecule has 1 aliphatic heterocycles. The number of carbonyl (C=O) groups is 2. The summed E-state index contributed by atoms with van der Waals surface area (Å²) in [6.07, 6.45) is 0.264. The van der Waals surface area contributed by atoms with Gasteiger partial charge in [0.2, 0.25) is 0 Å². The van der Waals surface area contributed by atoms with Gasteiger partial charge in [-0.2, -0.15) is 0 Å². The summed E-state index contributed by atoms with van der Waals surface area (Å²) in [5.74, 6) is -1.04. The van der Waals surface area contributed by atoms with Crippen molar-refractivity contribution in [3.8, 4) is 0 Å². The summed E-state index contributed by atoms with van der Waals surface area (Å²) in [5.41, 5.74) is -1.24. The second-order valence-electron chi connectivity index (χ2n) is 5.08. The molecule has 3 N–H and O–H groups in total. The Balaban J connectivity index is 2.37. The van der Waals surface area contributed by atoms with E-state index in [1.54, 1.807) is 6.92 Å². The topological polar surface area (TPSA) is 90.9 Å². The molecule has 0 aromatic carbocycles. The monoisotopic (exact) mass is 273 g/mol. The van der Waals surface area contributed by atoms with Crippen molar-refractivity contribution in [3.63, 3.8) is 0 Å². The zero-order chi connectivity index (χ0) is 14.5. The van der Waals surface area contributed by atoms with E-state index in [-0.39, 0.29) is 6.10 Å². The Morgan fingerprint density at radius 3 is 2.74 bits per heavy atom. The molecule has 0 aromatic heterocycles. The number of morpholine rings is 1. The molecule has 0 saturated carbocycles. The molecule has 1 fully saturated rings. The van der Waals surface area contributed by atoms with E-state index in [1.807, 2.05) is 7.05 Å². The minimum absolute atomic E-state index is 0.0535. The Bertz CT molecular complexity index is 337. The van der Waals surface area contributed by atoms with Gasteiger partial charge in [-0.25, -0.2) is 9.59 Å². The number of nitrogens with zero attached hydrogens (tertiary/aromatic N) is 1. The highest BCUT2D eigenvalue weighted by atomic mass is 16.5. The summed E-state index contributed by atoms with van der Waals surface area (Å²) in [6, 6.07) is -0.483. The van der Waals surface area contributed by atoms with Gasteiger partial charge in [0, 0.05) is 19.6 Å². The van der Waals surface area contributed by atoms with E-state index in [0.717, 1.165) is 13.1 Å². The van der Waals surface area contributed by atoms with Crippen LogP contribution in [-0.2, 0) is 9.53 Å². The maximum Gasteiger partial charge on any atom is 0.329 e. The van der Waals surface area contributed by atoms with Gasteiger partial charge in [-0.3, -0.25) is 0 Å². The molecule has 7 nitrogen and oxygen atoms in total. The lowest BCUT2D eigenvalue weighted by Gasteiger charge is -2.30. The van der Waals surface area contributed by atoms with Crippen LogP contribution in [-0.4, -0.2) is 66.9 Å². The quantitative estimate of drug-likeness (QED) is 0.649. The number of rotatable bonds is 5. The molecule has 0 spiro atoms. The number of nitrogens with one attached hydrogen (secondary N) is 2. The molecule has 1 rings (SSSR count). The smallest absolute Gasteiger partial charge is 0.329 e. The zero-order valence-corrected chi connectivity index (χ0v) is 11.7. The van der Waals surface area contributed by atoms with Crippen LogP contribution in [0.2, 0.25) is 0 Å². The first-order chi connectivity index (χ1) is 8.87. The van der Waals surface area contributed by atoms with Crippen molar-refractivity contribution in [1.29, 1.82) is 0 Å². The average molecular weight is 273 g/mol. The van der Waals surface area contributed by atoms with Crippen molar-refractivity contribution in [2.75, 3.05) is 33.3 Å². The van der Waals surface area contributed by atoms with Gasteiger partial charge in [0.25, 0.3) is 0 Å². The Morgan fingerprint density at radius 1 is 1.53 bits per heavy atom. The van der Waals surface area contributed by atoms with E-state index in [0.29, 0.717) is 19.6 Å².